The van der Waals surface area contributed by atoms with Gasteiger partial charge in [0.1, 0.15) is 0 Å². The SMILES string of the molecule is CC(CC(=O)NCCCCCc1ccccc1)C1CCNCC1.Cl. The van der Waals surface area contributed by atoms with E-state index in [9.17, 15) is 4.79 Å². The minimum Gasteiger partial charge on any atom is -0.356 e. The summed E-state index contributed by atoms with van der Waals surface area (Å²) in [6.07, 6.45) is 7.72. The second-order valence-corrected chi connectivity index (χ2v) is 6.92. The fourth-order valence-electron chi connectivity index (χ4n) is 3.45. The molecule has 1 amide bonds. The maximum atomic E-state index is 12.0. The molecule has 136 valence electrons. The van der Waals surface area contributed by atoms with Crippen LogP contribution in [0.25, 0.3) is 0 Å². The lowest BCUT2D eigenvalue weighted by molar-refractivity contribution is -0.122. The van der Waals surface area contributed by atoms with E-state index in [4.69, 9.17) is 0 Å². The molecular weight excluding hydrogens is 320 g/mol. The van der Waals surface area contributed by atoms with Gasteiger partial charge in [-0.05, 0) is 62.6 Å². The van der Waals surface area contributed by atoms with E-state index in [1.165, 1.54) is 31.2 Å². The number of piperidine rings is 1. The Morgan fingerprint density at radius 3 is 2.58 bits per heavy atom. The first-order valence-corrected chi connectivity index (χ1v) is 9.27. The molecule has 1 heterocycles. The third-order valence-corrected chi connectivity index (χ3v) is 5.00. The van der Waals surface area contributed by atoms with Crippen LogP contribution >= 0.6 is 12.4 Å². The Balaban J connectivity index is 0.00000288. The molecule has 24 heavy (non-hydrogen) atoms. The molecule has 0 radical (unpaired) electrons. The Morgan fingerprint density at radius 2 is 1.88 bits per heavy atom. The number of benzene rings is 1. The molecule has 1 fully saturated rings. The zero-order valence-corrected chi connectivity index (χ0v) is 15.7. The number of amides is 1. The standard InChI is InChI=1S/C20H32N2O.ClH/c1-17(19-11-14-21-15-12-19)16-20(23)22-13-7-3-6-10-18-8-4-2-5-9-18;/h2,4-5,8-9,17,19,21H,3,6-7,10-16H2,1H3,(H,22,23);1H. The Bertz CT molecular complexity index is 446. The van der Waals surface area contributed by atoms with E-state index in [0.29, 0.717) is 18.3 Å². The van der Waals surface area contributed by atoms with Crippen LogP contribution < -0.4 is 10.6 Å². The largest absolute Gasteiger partial charge is 0.356 e. The van der Waals surface area contributed by atoms with E-state index < -0.39 is 0 Å². The summed E-state index contributed by atoms with van der Waals surface area (Å²) in [6, 6.07) is 10.6. The van der Waals surface area contributed by atoms with Crippen molar-refractivity contribution in [2.75, 3.05) is 19.6 Å². The summed E-state index contributed by atoms with van der Waals surface area (Å²) >= 11 is 0. The highest BCUT2D eigenvalue weighted by atomic mass is 35.5. The number of hydrogen-bond acceptors (Lipinski definition) is 2. The summed E-state index contributed by atoms with van der Waals surface area (Å²) in [4.78, 5) is 12.0. The molecule has 0 spiro atoms. The van der Waals surface area contributed by atoms with Gasteiger partial charge in [-0.25, -0.2) is 0 Å². The summed E-state index contributed by atoms with van der Waals surface area (Å²) in [5.41, 5.74) is 1.41. The van der Waals surface area contributed by atoms with E-state index in [-0.39, 0.29) is 18.3 Å². The average Bonchev–Trinajstić information content (AvgIpc) is 2.59. The van der Waals surface area contributed by atoms with Gasteiger partial charge in [0.25, 0.3) is 0 Å². The topological polar surface area (TPSA) is 41.1 Å². The van der Waals surface area contributed by atoms with Crippen LogP contribution in [0.4, 0.5) is 0 Å². The number of aryl methyl sites for hydroxylation is 1. The number of carbonyl (C=O) groups excluding carboxylic acids is 1. The maximum Gasteiger partial charge on any atom is 0.220 e. The second-order valence-electron chi connectivity index (χ2n) is 6.92. The Labute approximate surface area is 153 Å². The van der Waals surface area contributed by atoms with Gasteiger partial charge < -0.3 is 10.6 Å². The molecular formula is C20H33ClN2O. The summed E-state index contributed by atoms with van der Waals surface area (Å²) in [5.74, 6) is 1.46. The van der Waals surface area contributed by atoms with Crippen molar-refractivity contribution in [1.82, 2.24) is 10.6 Å². The van der Waals surface area contributed by atoms with Crippen molar-refractivity contribution in [3.8, 4) is 0 Å². The molecule has 3 nitrogen and oxygen atoms in total. The van der Waals surface area contributed by atoms with Gasteiger partial charge in [-0.2, -0.15) is 0 Å². The molecule has 0 aromatic heterocycles. The van der Waals surface area contributed by atoms with Crippen molar-refractivity contribution in [3.63, 3.8) is 0 Å². The monoisotopic (exact) mass is 352 g/mol. The number of nitrogens with one attached hydrogen (secondary N) is 2. The molecule has 0 bridgehead atoms. The highest BCUT2D eigenvalue weighted by Gasteiger charge is 2.21. The normalized spacial score (nSPS) is 16.2. The van der Waals surface area contributed by atoms with Crippen LogP contribution in [0.5, 0.6) is 0 Å². The summed E-state index contributed by atoms with van der Waals surface area (Å²) < 4.78 is 0. The third kappa shape index (κ3) is 8.16. The summed E-state index contributed by atoms with van der Waals surface area (Å²) in [6.45, 7) is 5.28. The molecule has 1 unspecified atom stereocenters. The average molecular weight is 353 g/mol. The zero-order valence-electron chi connectivity index (χ0n) is 14.9. The fourth-order valence-corrected chi connectivity index (χ4v) is 3.45. The van der Waals surface area contributed by atoms with E-state index in [1.54, 1.807) is 0 Å². The molecule has 0 aliphatic carbocycles. The summed E-state index contributed by atoms with van der Waals surface area (Å²) in [5, 5.41) is 6.48. The van der Waals surface area contributed by atoms with Crippen LogP contribution in [0.3, 0.4) is 0 Å². The van der Waals surface area contributed by atoms with Crippen LogP contribution in [-0.2, 0) is 11.2 Å². The van der Waals surface area contributed by atoms with Crippen LogP contribution in [0.1, 0.15) is 51.0 Å². The molecule has 1 aromatic rings. The molecule has 1 aromatic carbocycles. The second kappa shape index (κ2) is 12.3. The zero-order chi connectivity index (χ0) is 16.3. The number of hydrogen-bond donors (Lipinski definition) is 2. The van der Waals surface area contributed by atoms with Crippen molar-refractivity contribution in [3.05, 3.63) is 35.9 Å². The van der Waals surface area contributed by atoms with Gasteiger partial charge in [0.15, 0.2) is 0 Å². The van der Waals surface area contributed by atoms with E-state index in [1.807, 2.05) is 0 Å². The number of unbranched alkanes of at least 4 members (excludes halogenated alkanes) is 2. The van der Waals surface area contributed by atoms with Gasteiger partial charge in [-0.15, -0.1) is 12.4 Å². The quantitative estimate of drug-likeness (QED) is 0.660. The fraction of sp³-hybridized carbons (Fsp3) is 0.650. The molecule has 1 aliphatic rings. The van der Waals surface area contributed by atoms with Crippen LogP contribution in [0.15, 0.2) is 30.3 Å². The predicted molar refractivity (Wildman–Crippen MR) is 104 cm³/mol. The first-order chi connectivity index (χ1) is 11.3. The smallest absolute Gasteiger partial charge is 0.220 e. The highest BCUT2D eigenvalue weighted by Crippen LogP contribution is 2.24. The molecule has 1 saturated heterocycles. The predicted octanol–water partition coefficient (Wildman–Crippen LogP) is 3.96. The van der Waals surface area contributed by atoms with Crippen LogP contribution in [0.2, 0.25) is 0 Å². The molecule has 1 aliphatic heterocycles. The van der Waals surface area contributed by atoms with Crippen molar-refractivity contribution < 1.29 is 4.79 Å². The first-order valence-electron chi connectivity index (χ1n) is 9.27. The molecule has 4 heteroatoms. The van der Waals surface area contributed by atoms with Gasteiger partial charge in [-0.3, -0.25) is 4.79 Å². The lowest BCUT2D eigenvalue weighted by atomic mass is 9.84. The van der Waals surface area contributed by atoms with Crippen LogP contribution in [-0.4, -0.2) is 25.5 Å². The van der Waals surface area contributed by atoms with E-state index in [2.05, 4.69) is 47.9 Å². The van der Waals surface area contributed by atoms with E-state index >= 15 is 0 Å². The third-order valence-electron chi connectivity index (χ3n) is 5.00. The number of carbonyl (C=O) groups is 1. The van der Waals surface area contributed by atoms with Gasteiger partial charge in [0.2, 0.25) is 5.91 Å². The molecule has 2 rings (SSSR count). The summed E-state index contributed by atoms with van der Waals surface area (Å²) in [7, 11) is 0. The number of rotatable bonds is 9. The Morgan fingerprint density at radius 1 is 1.17 bits per heavy atom. The van der Waals surface area contributed by atoms with Gasteiger partial charge in [0, 0.05) is 13.0 Å². The Hall–Kier alpha value is -1.06. The minimum atomic E-state index is 0. The van der Waals surface area contributed by atoms with Crippen molar-refractivity contribution >= 4 is 18.3 Å². The van der Waals surface area contributed by atoms with Crippen molar-refractivity contribution in [2.45, 2.75) is 51.9 Å². The maximum absolute atomic E-state index is 12.0. The van der Waals surface area contributed by atoms with Crippen LogP contribution in [0, 0.1) is 11.8 Å². The Kier molecular flexibility index (Phi) is 10.8. The lowest BCUT2D eigenvalue weighted by Crippen LogP contribution is -2.33. The van der Waals surface area contributed by atoms with Gasteiger partial charge >= 0.3 is 0 Å². The van der Waals surface area contributed by atoms with Crippen molar-refractivity contribution in [2.24, 2.45) is 11.8 Å². The number of halogens is 1. The van der Waals surface area contributed by atoms with E-state index in [0.717, 1.165) is 32.5 Å². The first kappa shape index (κ1) is 21.0. The van der Waals surface area contributed by atoms with Gasteiger partial charge in [0.05, 0.1) is 0 Å². The highest BCUT2D eigenvalue weighted by molar-refractivity contribution is 5.85. The molecule has 1 atom stereocenters. The lowest BCUT2D eigenvalue weighted by Gasteiger charge is -2.27. The minimum absolute atomic E-state index is 0. The van der Waals surface area contributed by atoms with Crippen molar-refractivity contribution in [1.29, 1.82) is 0 Å². The van der Waals surface area contributed by atoms with Gasteiger partial charge in [-0.1, -0.05) is 43.7 Å². The molecule has 0 saturated carbocycles. The molecule has 2 N–H and O–H groups in total.